The van der Waals surface area contributed by atoms with Crippen LogP contribution >= 0.6 is 0 Å². The highest BCUT2D eigenvalue weighted by molar-refractivity contribution is 4.41. The van der Waals surface area contributed by atoms with Crippen molar-refractivity contribution in [3.05, 3.63) is 0 Å². The monoisotopic (exact) mass is 205 g/mol. The maximum Gasteiger partial charge on any atom is -0.00245 e. The van der Waals surface area contributed by atoms with Gasteiger partial charge in [0.25, 0.3) is 0 Å². The minimum absolute atomic E-state index is 1.17. The summed E-state index contributed by atoms with van der Waals surface area (Å²) in [5, 5.41) is 0. The predicted molar refractivity (Wildman–Crippen MR) is 72.1 cm³/mol. The van der Waals surface area contributed by atoms with Crippen molar-refractivity contribution in [2.75, 3.05) is 20.1 Å². The number of hydrogen-bond acceptors (Lipinski definition) is 1. The van der Waals surface area contributed by atoms with Crippen molar-refractivity contribution in [1.82, 2.24) is 4.90 Å². The molecule has 0 rings (SSSR count). The van der Waals surface area contributed by atoms with Gasteiger partial charge >= 0.3 is 0 Å². The zero-order valence-electron chi connectivity index (χ0n) is 12.3. The smallest absolute Gasteiger partial charge is 0.00245 e. The third kappa shape index (κ3) is 58.4. The summed E-state index contributed by atoms with van der Waals surface area (Å²) in [7, 11) is 2.14. The highest BCUT2D eigenvalue weighted by Gasteiger charge is 1.86. The van der Waals surface area contributed by atoms with E-state index in [1.165, 1.54) is 25.9 Å². The van der Waals surface area contributed by atoms with E-state index >= 15 is 0 Å². The minimum Gasteiger partial charge on any atom is -0.307 e. The first-order valence-corrected chi connectivity index (χ1v) is 6.41. The minimum atomic E-state index is 1.17. The highest BCUT2D eigenvalue weighted by Crippen LogP contribution is 1.82. The van der Waals surface area contributed by atoms with Gasteiger partial charge in [-0.1, -0.05) is 61.8 Å². The molecule has 0 amide bonds. The maximum atomic E-state index is 2.31. The van der Waals surface area contributed by atoms with Crippen LogP contribution in [0.25, 0.3) is 0 Å². The fraction of sp³-hybridized carbons (Fsp3) is 1.00. The van der Waals surface area contributed by atoms with Crippen LogP contribution in [0.15, 0.2) is 0 Å². The Balaban J connectivity index is -0.0000000603. The Morgan fingerprint density at radius 3 is 1.14 bits per heavy atom. The average Bonchev–Trinajstić information content (AvgIpc) is 2.25. The summed E-state index contributed by atoms with van der Waals surface area (Å²) >= 11 is 0. The molecule has 0 N–H and O–H groups in total. The summed E-state index contributed by atoms with van der Waals surface area (Å²) in [6, 6.07) is 0. The summed E-state index contributed by atoms with van der Waals surface area (Å²) < 4.78 is 0. The molecule has 0 saturated heterocycles. The predicted octanol–water partition coefficient (Wildman–Crippen LogP) is 4.82. The van der Waals surface area contributed by atoms with Crippen LogP contribution in [0.4, 0.5) is 0 Å². The topological polar surface area (TPSA) is 3.24 Å². The molecule has 1 heteroatoms. The summed E-state index contributed by atoms with van der Waals surface area (Å²) in [4.78, 5) is 2.31. The van der Waals surface area contributed by atoms with Gasteiger partial charge in [-0.3, -0.25) is 0 Å². The van der Waals surface area contributed by atoms with Gasteiger partial charge in [-0.15, -0.1) is 0 Å². The zero-order valence-corrected chi connectivity index (χ0v) is 12.3. The molecular formula is C13H35N. The van der Waals surface area contributed by atoms with Gasteiger partial charge < -0.3 is 4.90 Å². The maximum absolute atomic E-state index is 2.31. The van der Waals surface area contributed by atoms with Gasteiger partial charge in [-0.2, -0.15) is 0 Å². The van der Waals surface area contributed by atoms with Crippen LogP contribution in [0.3, 0.4) is 0 Å². The second-order valence-corrected chi connectivity index (χ2v) is 2.60. The van der Waals surface area contributed by atoms with Crippen LogP contribution in [0.1, 0.15) is 68.2 Å². The largest absolute Gasteiger partial charge is 0.307 e. The Hall–Kier alpha value is -0.0400. The molecule has 0 radical (unpaired) electrons. The standard InChI is InChI=1S/C6H15N.C3H8.2C2H6/c1-4-6-7(3)5-2;1-3-2;2*1-2/h4-6H2,1-3H3;3H2,1-2H3;2*1-2H3. The van der Waals surface area contributed by atoms with Gasteiger partial charge in [-0.25, -0.2) is 0 Å². The first-order valence-electron chi connectivity index (χ1n) is 6.41. The van der Waals surface area contributed by atoms with Crippen LogP contribution in [-0.4, -0.2) is 25.0 Å². The van der Waals surface area contributed by atoms with E-state index in [2.05, 4.69) is 39.6 Å². The molecule has 0 aliphatic heterocycles. The Morgan fingerprint density at radius 1 is 0.786 bits per heavy atom. The summed E-state index contributed by atoms with van der Waals surface area (Å²) in [5.74, 6) is 0. The van der Waals surface area contributed by atoms with Gasteiger partial charge in [0.15, 0.2) is 0 Å². The van der Waals surface area contributed by atoms with E-state index in [0.29, 0.717) is 0 Å². The van der Waals surface area contributed by atoms with Crippen molar-refractivity contribution in [3.63, 3.8) is 0 Å². The summed E-state index contributed by atoms with van der Waals surface area (Å²) in [6.45, 7) is 19.0. The highest BCUT2D eigenvalue weighted by atomic mass is 15.1. The quantitative estimate of drug-likeness (QED) is 0.638. The molecule has 0 atom stereocenters. The average molecular weight is 205 g/mol. The zero-order chi connectivity index (χ0) is 12.4. The molecule has 0 aliphatic carbocycles. The molecule has 0 fully saturated rings. The normalized spacial score (nSPS) is 7.29. The molecule has 0 aromatic rings. The number of nitrogens with zero attached hydrogens (tertiary/aromatic N) is 1. The molecule has 0 spiro atoms. The molecule has 0 aromatic carbocycles. The Labute approximate surface area is 93.9 Å². The summed E-state index contributed by atoms with van der Waals surface area (Å²) in [6.07, 6.45) is 2.52. The van der Waals surface area contributed by atoms with Gasteiger partial charge in [0.05, 0.1) is 0 Å². The van der Waals surface area contributed by atoms with Gasteiger partial charge in [0, 0.05) is 0 Å². The lowest BCUT2D eigenvalue weighted by Gasteiger charge is -2.10. The van der Waals surface area contributed by atoms with Crippen LogP contribution in [0.5, 0.6) is 0 Å². The van der Waals surface area contributed by atoms with Crippen LogP contribution in [0.2, 0.25) is 0 Å². The van der Waals surface area contributed by atoms with Crippen LogP contribution in [-0.2, 0) is 0 Å². The molecule has 0 heterocycles. The van der Waals surface area contributed by atoms with Crippen LogP contribution < -0.4 is 0 Å². The lowest BCUT2D eigenvalue weighted by atomic mass is 10.4. The summed E-state index contributed by atoms with van der Waals surface area (Å²) in [5.41, 5.74) is 0. The van der Waals surface area contributed by atoms with Crippen molar-refractivity contribution < 1.29 is 0 Å². The fourth-order valence-corrected chi connectivity index (χ4v) is 0.540. The van der Waals surface area contributed by atoms with E-state index in [1.54, 1.807) is 0 Å². The van der Waals surface area contributed by atoms with Crippen molar-refractivity contribution in [2.24, 2.45) is 0 Å². The SMILES string of the molecule is CC.CC.CCC.CCCN(C)CC. The number of rotatable bonds is 3. The van der Waals surface area contributed by atoms with Gasteiger partial charge in [0.1, 0.15) is 0 Å². The Bertz CT molecular complexity index is 44.5. The Kier molecular flexibility index (Phi) is 64.6. The lowest BCUT2D eigenvalue weighted by molar-refractivity contribution is 0.353. The van der Waals surface area contributed by atoms with E-state index in [1.807, 2.05) is 27.7 Å². The first-order chi connectivity index (χ1) is 6.72. The number of hydrogen-bond donors (Lipinski definition) is 0. The third-order valence-corrected chi connectivity index (χ3v) is 1.15. The second kappa shape index (κ2) is 38.3. The van der Waals surface area contributed by atoms with E-state index in [0.717, 1.165) is 0 Å². The fourth-order valence-electron chi connectivity index (χ4n) is 0.540. The molecule has 0 bridgehead atoms. The third-order valence-electron chi connectivity index (χ3n) is 1.15. The second-order valence-electron chi connectivity index (χ2n) is 2.60. The molecule has 92 valence electrons. The first kappa shape index (κ1) is 23.6. The van der Waals surface area contributed by atoms with Crippen LogP contribution in [0, 0.1) is 0 Å². The molecule has 1 nitrogen and oxygen atoms in total. The van der Waals surface area contributed by atoms with Crippen molar-refractivity contribution in [2.45, 2.75) is 68.2 Å². The molecule has 0 aromatic heterocycles. The van der Waals surface area contributed by atoms with E-state index in [4.69, 9.17) is 0 Å². The van der Waals surface area contributed by atoms with Crippen molar-refractivity contribution in [3.8, 4) is 0 Å². The van der Waals surface area contributed by atoms with E-state index < -0.39 is 0 Å². The lowest BCUT2D eigenvalue weighted by Crippen LogP contribution is -2.17. The van der Waals surface area contributed by atoms with Crippen molar-refractivity contribution in [1.29, 1.82) is 0 Å². The van der Waals surface area contributed by atoms with E-state index in [-0.39, 0.29) is 0 Å². The molecule has 0 aliphatic rings. The Morgan fingerprint density at radius 2 is 1.07 bits per heavy atom. The van der Waals surface area contributed by atoms with Gasteiger partial charge in [-0.05, 0) is 26.6 Å². The molecule has 0 saturated carbocycles. The van der Waals surface area contributed by atoms with E-state index in [9.17, 15) is 0 Å². The van der Waals surface area contributed by atoms with Gasteiger partial charge in [0.2, 0.25) is 0 Å². The van der Waals surface area contributed by atoms with Crippen molar-refractivity contribution >= 4 is 0 Å². The molecule has 14 heavy (non-hydrogen) atoms. The molecule has 0 unspecified atom stereocenters. The molecular weight excluding hydrogens is 170 g/mol.